The van der Waals surface area contributed by atoms with E-state index in [0.717, 1.165) is 0 Å². The van der Waals surface area contributed by atoms with E-state index in [2.05, 4.69) is 22.5 Å². The Labute approximate surface area is 215 Å². The van der Waals surface area contributed by atoms with E-state index in [9.17, 15) is 23.2 Å². The molecule has 0 bridgehead atoms. The summed E-state index contributed by atoms with van der Waals surface area (Å²) in [4.78, 5) is 37.3. The molecule has 10 heteroatoms. The first-order valence-corrected chi connectivity index (χ1v) is 12.1. The molecular weight excluding hydrogens is 484 g/mol. The number of carbonyl (C=O) groups excluding carboxylic acids is 3. The molecule has 0 radical (unpaired) electrons. The van der Waals surface area contributed by atoms with Crippen molar-refractivity contribution in [3.8, 4) is 11.8 Å². The third kappa shape index (κ3) is 7.00. The van der Waals surface area contributed by atoms with Gasteiger partial charge in [-0.15, -0.1) is 0 Å². The minimum absolute atomic E-state index is 0.0999. The number of hydrogen-bond acceptors (Lipinski definition) is 5. The molecule has 2 amide bonds. The number of fused-ring (bicyclic) bond motifs is 1. The summed E-state index contributed by atoms with van der Waals surface area (Å²) in [5, 5.41) is 5.71. The molecule has 2 N–H and O–H groups in total. The Hall–Kier alpha value is -3.61. The van der Waals surface area contributed by atoms with E-state index in [1.165, 1.54) is 10.8 Å². The summed E-state index contributed by atoms with van der Waals surface area (Å²) in [6, 6.07) is 4.86. The second kappa shape index (κ2) is 10.4. The molecule has 2 aromatic rings. The maximum absolute atomic E-state index is 13.6. The number of alkyl carbamates (subject to hydrolysis) is 1. The standard InChI is InChI=1S/C27H33F2N3O5/c1-25(2,3)36-23(34)30-15-8-7-9-17-10-11-19-18(12-16-32(19)24(35)37-26(4,5)6)20(17)31-22(33)27(13-14-27)21(28)29/h10-12,16,21H,8,13-15H2,1-6H3,(H,30,34)(H,31,33). The van der Waals surface area contributed by atoms with E-state index in [1.54, 1.807) is 59.7 Å². The summed E-state index contributed by atoms with van der Waals surface area (Å²) in [5.41, 5.74) is -1.99. The highest BCUT2D eigenvalue weighted by molar-refractivity contribution is 6.07. The van der Waals surface area contributed by atoms with Gasteiger partial charge in [-0.2, -0.15) is 0 Å². The minimum atomic E-state index is -2.79. The van der Waals surface area contributed by atoms with Crippen molar-refractivity contribution < 1.29 is 32.6 Å². The van der Waals surface area contributed by atoms with Crippen molar-refractivity contribution in [2.24, 2.45) is 5.41 Å². The lowest BCUT2D eigenvalue weighted by atomic mass is 10.0. The zero-order chi connectivity index (χ0) is 27.6. The van der Waals surface area contributed by atoms with Crippen molar-refractivity contribution in [2.45, 2.75) is 78.4 Å². The van der Waals surface area contributed by atoms with Crippen molar-refractivity contribution in [3.63, 3.8) is 0 Å². The van der Waals surface area contributed by atoms with E-state index in [-0.39, 0.29) is 31.5 Å². The molecule has 1 heterocycles. The fourth-order valence-corrected chi connectivity index (χ4v) is 3.54. The fraction of sp³-hybridized carbons (Fsp3) is 0.519. The summed E-state index contributed by atoms with van der Waals surface area (Å²) < 4.78 is 39.0. The van der Waals surface area contributed by atoms with E-state index >= 15 is 0 Å². The van der Waals surface area contributed by atoms with Crippen molar-refractivity contribution in [3.05, 3.63) is 30.0 Å². The van der Waals surface area contributed by atoms with E-state index in [0.29, 0.717) is 16.5 Å². The van der Waals surface area contributed by atoms with Crippen molar-refractivity contribution in [1.82, 2.24) is 9.88 Å². The molecule has 1 aromatic heterocycles. The smallest absolute Gasteiger partial charge is 0.418 e. The molecule has 1 aliphatic carbocycles. The highest BCUT2D eigenvalue weighted by atomic mass is 19.3. The SMILES string of the molecule is CC(C)(C)OC(=O)NCCC#Cc1ccc2c(ccn2C(=O)OC(C)(C)C)c1NC(=O)C1(C(F)F)CC1. The predicted molar refractivity (Wildman–Crippen MR) is 136 cm³/mol. The summed E-state index contributed by atoms with van der Waals surface area (Å²) in [5.74, 6) is 5.08. The van der Waals surface area contributed by atoms with Crippen LogP contribution in [0.25, 0.3) is 10.9 Å². The number of ether oxygens (including phenoxy) is 2. The molecule has 0 saturated heterocycles. The number of rotatable bonds is 5. The van der Waals surface area contributed by atoms with Gasteiger partial charge in [0.05, 0.1) is 11.2 Å². The molecule has 3 rings (SSSR count). The van der Waals surface area contributed by atoms with Gasteiger partial charge in [-0.05, 0) is 72.6 Å². The van der Waals surface area contributed by atoms with Crippen LogP contribution < -0.4 is 10.6 Å². The predicted octanol–water partition coefficient (Wildman–Crippen LogP) is 5.67. The Balaban J connectivity index is 1.88. The van der Waals surface area contributed by atoms with Gasteiger partial charge < -0.3 is 20.1 Å². The summed E-state index contributed by atoms with van der Waals surface area (Å²) >= 11 is 0. The van der Waals surface area contributed by atoms with Gasteiger partial charge in [0.2, 0.25) is 5.91 Å². The number of amides is 2. The molecule has 1 aromatic carbocycles. The van der Waals surface area contributed by atoms with E-state index in [4.69, 9.17) is 9.47 Å². The van der Waals surface area contributed by atoms with Crippen molar-refractivity contribution >= 4 is 34.7 Å². The molecule has 8 nitrogen and oxygen atoms in total. The lowest BCUT2D eigenvalue weighted by molar-refractivity contribution is -0.126. The van der Waals surface area contributed by atoms with Gasteiger partial charge in [0.15, 0.2) is 0 Å². The van der Waals surface area contributed by atoms with Gasteiger partial charge in [0.25, 0.3) is 6.43 Å². The van der Waals surface area contributed by atoms with Crippen LogP contribution in [-0.2, 0) is 14.3 Å². The van der Waals surface area contributed by atoms with Crippen LogP contribution in [0.2, 0.25) is 0 Å². The molecule has 0 spiro atoms. The normalized spacial score (nSPS) is 14.5. The maximum atomic E-state index is 13.6. The molecule has 200 valence electrons. The monoisotopic (exact) mass is 517 g/mol. The maximum Gasteiger partial charge on any atom is 0.418 e. The molecule has 0 unspecified atom stereocenters. The Kier molecular flexibility index (Phi) is 7.86. The lowest BCUT2D eigenvalue weighted by Gasteiger charge is -2.20. The average Bonchev–Trinajstić information content (AvgIpc) is 3.46. The first-order valence-electron chi connectivity index (χ1n) is 12.1. The van der Waals surface area contributed by atoms with Crippen LogP contribution in [0.15, 0.2) is 24.4 Å². The number of halogens is 2. The Morgan fingerprint density at radius 2 is 1.70 bits per heavy atom. The van der Waals surface area contributed by atoms with Crippen LogP contribution in [0.1, 0.15) is 66.4 Å². The van der Waals surface area contributed by atoms with Gasteiger partial charge in [0, 0.05) is 30.1 Å². The first-order chi connectivity index (χ1) is 17.1. The van der Waals surface area contributed by atoms with E-state index < -0.39 is 41.1 Å². The van der Waals surface area contributed by atoms with Gasteiger partial charge >= 0.3 is 12.2 Å². The van der Waals surface area contributed by atoms with Crippen molar-refractivity contribution in [1.29, 1.82) is 0 Å². The number of hydrogen-bond donors (Lipinski definition) is 2. The lowest BCUT2D eigenvalue weighted by Crippen LogP contribution is -2.32. The molecule has 1 aliphatic rings. The number of benzene rings is 1. The Bertz CT molecular complexity index is 1260. The summed E-state index contributed by atoms with van der Waals surface area (Å²) in [6.45, 7) is 10.7. The average molecular weight is 518 g/mol. The Morgan fingerprint density at radius 1 is 1.05 bits per heavy atom. The topological polar surface area (TPSA) is 98.7 Å². The second-order valence-corrected chi connectivity index (χ2v) is 11.0. The van der Waals surface area contributed by atoms with Crippen LogP contribution in [0.4, 0.5) is 24.1 Å². The highest BCUT2D eigenvalue weighted by Crippen LogP contribution is 2.51. The number of alkyl halides is 2. The molecule has 0 atom stereocenters. The van der Waals surface area contributed by atoms with Gasteiger partial charge in [-0.3, -0.25) is 9.36 Å². The van der Waals surface area contributed by atoms with Crippen LogP contribution in [0.5, 0.6) is 0 Å². The zero-order valence-electron chi connectivity index (χ0n) is 22.0. The number of anilines is 1. The Morgan fingerprint density at radius 3 is 2.27 bits per heavy atom. The highest BCUT2D eigenvalue weighted by Gasteiger charge is 2.57. The fourth-order valence-electron chi connectivity index (χ4n) is 3.54. The number of nitrogens with zero attached hydrogens (tertiary/aromatic N) is 1. The molecule has 1 saturated carbocycles. The quantitative estimate of drug-likeness (QED) is 0.393. The van der Waals surface area contributed by atoms with Crippen LogP contribution in [0.3, 0.4) is 0 Å². The number of nitrogens with one attached hydrogen (secondary N) is 2. The number of carbonyl (C=O) groups is 3. The van der Waals surface area contributed by atoms with E-state index in [1.807, 2.05) is 0 Å². The molecular formula is C27H33F2N3O5. The van der Waals surface area contributed by atoms with Crippen LogP contribution >= 0.6 is 0 Å². The molecule has 37 heavy (non-hydrogen) atoms. The summed E-state index contributed by atoms with van der Waals surface area (Å²) in [7, 11) is 0. The first kappa shape index (κ1) is 28.0. The third-order valence-corrected chi connectivity index (χ3v) is 5.50. The second-order valence-electron chi connectivity index (χ2n) is 11.0. The number of aromatic nitrogens is 1. The summed E-state index contributed by atoms with van der Waals surface area (Å²) in [6.07, 6.45) is -1.98. The van der Waals surface area contributed by atoms with Crippen molar-refractivity contribution in [2.75, 3.05) is 11.9 Å². The van der Waals surface area contributed by atoms with Gasteiger partial charge in [-0.1, -0.05) is 11.8 Å². The van der Waals surface area contributed by atoms with Crippen LogP contribution in [0, 0.1) is 17.3 Å². The zero-order valence-corrected chi connectivity index (χ0v) is 22.0. The van der Waals surface area contributed by atoms with Gasteiger partial charge in [0.1, 0.15) is 16.6 Å². The molecule has 0 aliphatic heterocycles. The molecule has 1 fully saturated rings. The van der Waals surface area contributed by atoms with Gasteiger partial charge in [-0.25, -0.2) is 18.4 Å². The van der Waals surface area contributed by atoms with Crippen LogP contribution in [-0.4, -0.2) is 46.8 Å². The largest absolute Gasteiger partial charge is 0.444 e. The minimum Gasteiger partial charge on any atom is -0.444 e. The third-order valence-electron chi connectivity index (χ3n) is 5.50.